The van der Waals surface area contributed by atoms with E-state index in [1.165, 1.54) is 11.3 Å². The standard InChI is InChI=1S/C27H32N6O3S/c1-17(2)20-15-28-13-11-27(20,23-16-29-32-36-23)12-14-35-26-31-22-10-9-21(30-24(22)37-26)18-5-7-19(8-6-18)25(34)33(3)4/h5-10,16-17,20,28H,11-15H2,1-4H3/t20?,27-/m0/s1. The number of ether oxygens (including phenoxy) is 1. The van der Waals surface area contributed by atoms with Crippen LogP contribution in [0.2, 0.25) is 0 Å². The van der Waals surface area contributed by atoms with E-state index in [2.05, 4.69) is 34.5 Å². The maximum atomic E-state index is 12.2. The zero-order valence-electron chi connectivity index (χ0n) is 21.6. The SMILES string of the molecule is CC(C)C1CNCC[C@@]1(CCOc1nc2ccc(-c3ccc(C(=O)N(C)C)cc3)nc2s1)c1cnno1. The fraction of sp³-hybridized carbons (Fsp3) is 0.444. The van der Waals surface area contributed by atoms with Gasteiger partial charge in [-0.2, -0.15) is 0 Å². The van der Waals surface area contributed by atoms with Crippen molar-refractivity contribution < 1.29 is 14.1 Å². The van der Waals surface area contributed by atoms with Crippen molar-refractivity contribution in [2.45, 2.75) is 32.1 Å². The molecule has 4 aromatic rings. The van der Waals surface area contributed by atoms with Gasteiger partial charge in [0.25, 0.3) is 11.1 Å². The van der Waals surface area contributed by atoms with Gasteiger partial charge < -0.3 is 19.5 Å². The number of fused-ring (bicyclic) bond motifs is 1. The Morgan fingerprint density at radius 3 is 2.73 bits per heavy atom. The van der Waals surface area contributed by atoms with Crippen LogP contribution in [0.15, 0.2) is 47.1 Å². The number of piperidine rings is 1. The number of nitrogens with zero attached hydrogens (tertiary/aromatic N) is 5. The number of hydrogen-bond acceptors (Lipinski definition) is 9. The van der Waals surface area contributed by atoms with Crippen LogP contribution in [0.1, 0.15) is 42.8 Å². The molecule has 5 rings (SSSR count). The van der Waals surface area contributed by atoms with E-state index in [-0.39, 0.29) is 11.3 Å². The third-order valence-corrected chi connectivity index (χ3v) is 8.20. The third-order valence-electron chi connectivity index (χ3n) is 7.32. The first-order valence-corrected chi connectivity index (χ1v) is 13.4. The highest BCUT2D eigenvalue weighted by Gasteiger charge is 2.46. The summed E-state index contributed by atoms with van der Waals surface area (Å²) in [5.74, 6) is 1.67. The molecule has 1 fully saturated rings. The van der Waals surface area contributed by atoms with Crippen LogP contribution >= 0.6 is 11.3 Å². The molecule has 1 N–H and O–H groups in total. The molecule has 0 spiro atoms. The third kappa shape index (κ3) is 5.08. The quantitative estimate of drug-likeness (QED) is 0.364. The Labute approximate surface area is 220 Å². The summed E-state index contributed by atoms with van der Waals surface area (Å²) in [6.45, 7) is 6.86. The molecule has 9 nitrogen and oxygen atoms in total. The molecule has 194 valence electrons. The Morgan fingerprint density at radius 2 is 2.03 bits per heavy atom. The van der Waals surface area contributed by atoms with Gasteiger partial charge in [0.05, 0.1) is 18.5 Å². The Morgan fingerprint density at radius 1 is 1.22 bits per heavy atom. The molecule has 1 aliphatic heterocycles. The topological polar surface area (TPSA) is 106 Å². The van der Waals surface area contributed by atoms with Crippen LogP contribution in [-0.2, 0) is 5.41 Å². The summed E-state index contributed by atoms with van der Waals surface area (Å²) in [5, 5.41) is 11.9. The zero-order valence-corrected chi connectivity index (χ0v) is 22.4. The van der Waals surface area contributed by atoms with Gasteiger partial charge >= 0.3 is 0 Å². The van der Waals surface area contributed by atoms with Gasteiger partial charge in [0, 0.05) is 35.9 Å². The predicted molar refractivity (Wildman–Crippen MR) is 143 cm³/mol. The molecule has 2 atom stereocenters. The highest BCUT2D eigenvalue weighted by Crippen LogP contribution is 2.44. The molecule has 1 aromatic carbocycles. The minimum absolute atomic E-state index is 0.0234. The van der Waals surface area contributed by atoms with Crippen molar-refractivity contribution in [2.24, 2.45) is 11.8 Å². The van der Waals surface area contributed by atoms with Crippen molar-refractivity contribution in [3.63, 3.8) is 0 Å². The lowest BCUT2D eigenvalue weighted by Gasteiger charge is -2.44. The molecule has 1 unspecified atom stereocenters. The van der Waals surface area contributed by atoms with Crippen molar-refractivity contribution in [2.75, 3.05) is 33.8 Å². The van der Waals surface area contributed by atoms with Crippen LogP contribution < -0.4 is 10.1 Å². The number of thiazole rings is 1. The summed E-state index contributed by atoms with van der Waals surface area (Å²) in [7, 11) is 3.49. The van der Waals surface area contributed by atoms with Gasteiger partial charge in [0.15, 0.2) is 5.76 Å². The molecular weight excluding hydrogens is 488 g/mol. The minimum atomic E-state index is -0.175. The van der Waals surface area contributed by atoms with E-state index in [0.29, 0.717) is 29.2 Å². The summed E-state index contributed by atoms with van der Waals surface area (Å²) < 4.78 is 11.8. The molecular formula is C27H32N6O3S. The molecule has 37 heavy (non-hydrogen) atoms. The fourth-order valence-corrected chi connectivity index (χ4v) is 6.15. The smallest absolute Gasteiger partial charge is 0.275 e. The molecule has 3 aromatic heterocycles. The largest absolute Gasteiger partial charge is 0.470 e. The Hall–Kier alpha value is -3.37. The summed E-state index contributed by atoms with van der Waals surface area (Å²) in [5.41, 5.74) is 3.06. The second-order valence-electron chi connectivity index (χ2n) is 10.1. The number of benzene rings is 1. The number of aromatic nitrogens is 4. The lowest BCUT2D eigenvalue weighted by Crippen LogP contribution is -2.50. The molecule has 0 saturated carbocycles. The van der Waals surface area contributed by atoms with Gasteiger partial charge in [0.2, 0.25) is 0 Å². The first-order valence-electron chi connectivity index (χ1n) is 12.6. The van der Waals surface area contributed by atoms with Gasteiger partial charge in [-0.15, -0.1) is 5.10 Å². The fourth-order valence-electron chi connectivity index (χ4n) is 5.33. The average Bonchev–Trinajstić information content (AvgIpc) is 3.58. The summed E-state index contributed by atoms with van der Waals surface area (Å²) >= 11 is 1.44. The van der Waals surface area contributed by atoms with Gasteiger partial charge in [-0.25, -0.2) is 9.97 Å². The van der Waals surface area contributed by atoms with E-state index >= 15 is 0 Å². The van der Waals surface area contributed by atoms with Crippen LogP contribution in [-0.4, -0.2) is 64.9 Å². The highest BCUT2D eigenvalue weighted by molar-refractivity contribution is 7.19. The second-order valence-corrected chi connectivity index (χ2v) is 11.1. The molecule has 0 bridgehead atoms. The van der Waals surface area contributed by atoms with Gasteiger partial charge in [-0.3, -0.25) is 4.79 Å². The zero-order chi connectivity index (χ0) is 26.0. The molecule has 4 heterocycles. The molecule has 1 amide bonds. The Balaban J connectivity index is 1.31. The lowest BCUT2D eigenvalue weighted by atomic mass is 9.63. The monoisotopic (exact) mass is 520 g/mol. The van der Waals surface area contributed by atoms with Gasteiger partial charge in [-0.1, -0.05) is 37.3 Å². The number of carbonyl (C=O) groups is 1. The summed E-state index contributed by atoms with van der Waals surface area (Å²) in [6.07, 6.45) is 3.49. The molecule has 10 heteroatoms. The predicted octanol–water partition coefficient (Wildman–Crippen LogP) is 4.42. The van der Waals surface area contributed by atoms with E-state index in [1.54, 1.807) is 25.2 Å². The van der Waals surface area contributed by atoms with E-state index in [1.807, 2.05) is 36.4 Å². The number of pyridine rings is 1. The van der Waals surface area contributed by atoms with Crippen molar-refractivity contribution in [3.05, 3.63) is 53.9 Å². The van der Waals surface area contributed by atoms with Crippen LogP contribution in [0.4, 0.5) is 0 Å². The number of nitrogens with one attached hydrogen (secondary N) is 1. The first kappa shape index (κ1) is 25.3. The van der Waals surface area contributed by atoms with Crippen molar-refractivity contribution in [1.82, 2.24) is 30.6 Å². The van der Waals surface area contributed by atoms with Crippen LogP contribution in [0, 0.1) is 11.8 Å². The van der Waals surface area contributed by atoms with E-state index in [4.69, 9.17) is 14.2 Å². The maximum Gasteiger partial charge on any atom is 0.275 e. The number of amides is 1. The number of hydrogen-bond donors (Lipinski definition) is 1. The van der Waals surface area contributed by atoms with Crippen LogP contribution in [0.25, 0.3) is 21.6 Å². The lowest BCUT2D eigenvalue weighted by molar-refractivity contribution is 0.0827. The van der Waals surface area contributed by atoms with Crippen molar-refractivity contribution in [3.8, 4) is 16.5 Å². The maximum absolute atomic E-state index is 12.2. The number of rotatable bonds is 8. The van der Waals surface area contributed by atoms with Crippen LogP contribution in [0.5, 0.6) is 5.19 Å². The van der Waals surface area contributed by atoms with E-state index in [9.17, 15) is 4.79 Å². The average molecular weight is 521 g/mol. The molecule has 1 aliphatic rings. The van der Waals surface area contributed by atoms with Gasteiger partial charge in [-0.05, 0) is 62.0 Å². The number of carbonyl (C=O) groups excluding carboxylic acids is 1. The van der Waals surface area contributed by atoms with E-state index < -0.39 is 0 Å². The van der Waals surface area contributed by atoms with E-state index in [0.717, 1.165) is 53.3 Å². The molecule has 1 saturated heterocycles. The van der Waals surface area contributed by atoms with Crippen molar-refractivity contribution >= 4 is 27.6 Å². The second kappa shape index (κ2) is 10.5. The highest BCUT2D eigenvalue weighted by atomic mass is 32.1. The Bertz CT molecular complexity index is 1350. The van der Waals surface area contributed by atoms with Crippen LogP contribution in [0.3, 0.4) is 0 Å². The van der Waals surface area contributed by atoms with Crippen molar-refractivity contribution in [1.29, 1.82) is 0 Å². The minimum Gasteiger partial charge on any atom is -0.470 e. The Kier molecular flexibility index (Phi) is 7.21. The summed E-state index contributed by atoms with van der Waals surface area (Å²) in [6, 6.07) is 11.4. The normalized spacial score (nSPS) is 19.9. The molecule has 0 radical (unpaired) electrons. The molecule has 0 aliphatic carbocycles. The summed E-state index contributed by atoms with van der Waals surface area (Å²) in [4.78, 5) is 24.0. The van der Waals surface area contributed by atoms with Gasteiger partial charge in [0.1, 0.15) is 10.3 Å². The first-order chi connectivity index (χ1) is 17.9.